The SMILES string of the molecule is CC(C)(C)O.CC(C)(C)OC(=O)O.COc1ccc(CNC=O)cc1. The van der Waals surface area contributed by atoms with E-state index in [1.165, 1.54) is 0 Å². The number of ether oxygens (including phenoxy) is 2. The molecule has 7 nitrogen and oxygen atoms in total. The minimum absolute atomic E-state index is 0.500. The number of carbonyl (C=O) groups excluding carboxylic acids is 1. The summed E-state index contributed by atoms with van der Waals surface area (Å²) in [6, 6.07) is 7.55. The number of hydrogen-bond donors (Lipinski definition) is 3. The van der Waals surface area contributed by atoms with Gasteiger partial charge in [0.1, 0.15) is 11.4 Å². The molecule has 0 aliphatic carbocycles. The molecule has 1 aromatic carbocycles. The Labute approximate surface area is 150 Å². The van der Waals surface area contributed by atoms with Crippen molar-refractivity contribution in [3.63, 3.8) is 0 Å². The fourth-order valence-corrected chi connectivity index (χ4v) is 1.16. The highest BCUT2D eigenvalue weighted by Gasteiger charge is 2.13. The second-order valence-corrected chi connectivity index (χ2v) is 7.00. The fourth-order valence-electron chi connectivity index (χ4n) is 1.16. The summed E-state index contributed by atoms with van der Waals surface area (Å²) in [5.41, 5.74) is -0.0193. The van der Waals surface area contributed by atoms with Crippen LogP contribution in [0.5, 0.6) is 5.75 Å². The lowest BCUT2D eigenvalue weighted by Crippen LogP contribution is -2.22. The summed E-state index contributed by atoms with van der Waals surface area (Å²) in [4.78, 5) is 19.8. The molecular weight excluding hydrogens is 326 g/mol. The number of amides is 1. The molecule has 0 spiro atoms. The van der Waals surface area contributed by atoms with Gasteiger partial charge in [-0.05, 0) is 59.2 Å². The summed E-state index contributed by atoms with van der Waals surface area (Å²) in [5, 5.41) is 19.1. The Morgan fingerprint density at radius 2 is 1.56 bits per heavy atom. The summed E-state index contributed by atoms with van der Waals surface area (Å²) in [6.07, 6.45) is -0.540. The zero-order valence-electron chi connectivity index (χ0n) is 16.1. The average molecular weight is 357 g/mol. The second-order valence-electron chi connectivity index (χ2n) is 7.00. The van der Waals surface area contributed by atoms with Crippen molar-refractivity contribution >= 4 is 12.6 Å². The van der Waals surface area contributed by atoms with Crippen molar-refractivity contribution in [2.45, 2.75) is 59.3 Å². The van der Waals surface area contributed by atoms with E-state index in [-0.39, 0.29) is 0 Å². The fraction of sp³-hybridized carbons (Fsp3) is 0.556. The first-order valence-electron chi connectivity index (χ1n) is 7.72. The standard InChI is InChI=1S/C9H11NO2.C5H10O3.C4H10O/c1-12-9-4-2-8(3-5-9)6-10-7-11;1-5(2,3)8-4(6)7;1-4(2,3)5/h2-5,7H,6H2,1H3,(H,10,11);1-3H3,(H,6,7);5H,1-3H3. The van der Waals surface area contributed by atoms with Crippen LogP contribution in [0, 0.1) is 0 Å². The van der Waals surface area contributed by atoms with E-state index in [1.807, 2.05) is 24.3 Å². The highest BCUT2D eigenvalue weighted by Crippen LogP contribution is 2.10. The van der Waals surface area contributed by atoms with E-state index < -0.39 is 17.4 Å². The average Bonchev–Trinajstić information content (AvgIpc) is 2.42. The van der Waals surface area contributed by atoms with Gasteiger partial charge < -0.3 is 25.0 Å². The Morgan fingerprint density at radius 3 is 1.80 bits per heavy atom. The van der Waals surface area contributed by atoms with Crippen molar-refractivity contribution in [1.82, 2.24) is 5.32 Å². The minimum atomic E-state index is -1.22. The number of methoxy groups -OCH3 is 1. The number of carboxylic acid groups (broad SMARTS) is 1. The third kappa shape index (κ3) is 24.1. The van der Waals surface area contributed by atoms with E-state index in [1.54, 1.807) is 48.7 Å². The van der Waals surface area contributed by atoms with Crippen molar-refractivity contribution in [3.05, 3.63) is 29.8 Å². The molecule has 0 saturated carbocycles. The van der Waals surface area contributed by atoms with Gasteiger partial charge in [-0.15, -0.1) is 0 Å². The Kier molecular flexibility index (Phi) is 12.1. The van der Waals surface area contributed by atoms with Crippen LogP contribution in [-0.4, -0.2) is 41.1 Å². The molecule has 1 amide bonds. The minimum Gasteiger partial charge on any atom is -0.497 e. The van der Waals surface area contributed by atoms with Crippen molar-refractivity contribution in [1.29, 1.82) is 0 Å². The normalized spacial score (nSPS) is 10.2. The van der Waals surface area contributed by atoms with Crippen LogP contribution in [0.2, 0.25) is 0 Å². The van der Waals surface area contributed by atoms with Crippen LogP contribution >= 0.6 is 0 Å². The molecule has 1 aromatic rings. The molecule has 0 fully saturated rings. The van der Waals surface area contributed by atoms with Crippen LogP contribution in [0.15, 0.2) is 24.3 Å². The summed E-state index contributed by atoms with van der Waals surface area (Å²) >= 11 is 0. The predicted molar refractivity (Wildman–Crippen MR) is 96.7 cm³/mol. The quantitative estimate of drug-likeness (QED) is 0.564. The maximum atomic E-state index is 9.97. The van der Waals surface area contributed by atoms with E-state index in [4.69, 9.17) is 14.9 Å². The van der Waals surface area contributed by atoms with E-state index in [0.29, 0.717) is 13.0 Å². The molecule has 25 heavy (non-hydrogen) atoms. The second kappa shape index (κ2) is 12.1. The Morgan fingerprint density at radius 1 is 1.12 bits per heavy atom. The molecule has 0 radical (unpaired) electrons. The molecule has 0 unspecified atom stereocenters. The molecule has 0 aliphatic heterocycles. The number of rotatable bonds is 4. The first-order valence-corrected chi connectivity index (χ1v) is 7.72. The topological polar surface area (TPSA) is 105 Å². The molecule has 0 saturated heterocycles. The summed E-state index contributed by atoms with van der Waals surface area (Å²) in [5.74, 6) is 0.824. The number of nitrogens with one attached hydrogen (secondary N) is 1. The lowest BCUT2D eigenvalue weighted by molar-refractivity contribution is -0.109. The van der Waals surface area contributed by atoms with Gasteiger partial charge in [-0.2, -0.15) is 0 Å². The Hall–Kier alpha value is -2.28. The maximum absolute atomic E-state index is 9.97. The van der Waals surface area contributed by atoms with E-state index in [9.17, 15) is 9.59 Å². The first kappa shape index (κ1) is 25.0. The summed E-state index contributed by atoms with van der Waals surface area (Å²) in [6.45, 7) is 10.8. The van der Waals surface area contributed by atoms with Crippen LogP contribution in [0.25, 0.3) is 0 Å². The molecule has 0 atom stereocenters. The van der Waals surface area contributed by atoms with E-state index in [2.05, 4.69) is 10.1 Å². The van der Waals surface area contributed by atoms with Gasteiger partial charge >= 0.3 is 6.16 Å². The van der Waals surface area contributed by atoms with Crippen molar-refractivity contribution < 1.29 is 29.3 Å². The molecular formula is C18H31NO6. The number of hydrogen-bond acceptors (Lipinski definition) is 5. The number of benzene rings is 1. The van der Waals surface area contributed by atoms with Crippen LogP contribution in [-0.2, 0) is 16.1 Å². The van der Waals surface area contributed by atoms with Crippen LogP contribution in [0.3, 0.4) is 0 Å². The van der Waals surface area contributed by atoms with E-state index >= 15 is 0 Å². The largest absolute Gasteiger partial charge is 0.506 e. The predicted octanol–water partition coefficient (Wildman–Crippen LogP) is 3.20. The van der Waals surface area contributed by atoms with Crippen molar-refractivity contribution in [3.8, 4) is 5.75 Å². The van der Waals surface area contributed by atoms with Crippen LogP contribution in [0.1, 0.15) is 47.1 Å². The molecule has 0 aliphatic rings. The zero-order valence-corrected chi connectivity index (χ0v) is 16.1. The molecule has 1 rings (SSSR count). The van der Waals surface area contributed by atoms with Gasteiger partial charge in [0.05, 0.1) is 12.7 Å². The smallest absolute Gasteiger partial charge is 0.497 e. The van der Waals surface area contributed by atoms with E-state index in [0.717, 1.165) is 11.3 Å². The van der Waals surface area contributed by atoms with Gasteiger partial charge in [-0.3, -0.25) is 4.79 Å². The molecule has 3 N–H and O–H groups in total. The number of aliphatic hydroxyl groups is 1. The van der Waals surface area contributed by atoms with Crippen molar-refractivity contribution in [2.75, 3.05) is 7.11 Å². The number of carbonyl (C=O) groups is 2. The van der Waals surface area contributed by atoms with Crippen molar-refractivity contribution in [2.24, 2.45) is 0 Å². The molecule has 7 heteroatoms. The van der Waals surface area contributed by atoms with Gasteiger partial charge in [0.15, 0.2) is 0 Å². The van der Waals surface area contributed by atoms with Gasteiger partial charge in [-0.1, -0.05) is 12.1 Å². The molecule has 0 aromatic heterocycles. The van der Waals surface area contributed by atoms with Gasteiger partial charge in [0.2, 0.25) is 6.41 Å². The zero-order chi connectivity index (χ0) is 20.1. The monoisotopic (exact) mass is 357 g/mol. The third-order valence-electron chi connectivity index (χ3n) is 1.94. The first-order chi connectivity index (χ1) is 11.3. The molecule has 144 valence electrons. The molecule has 0 bridgehead atoms. The molecule has 0 heterocycles. The lowest BCUT2D eigenvalue weighted by atomic mass is 10.2. The van der Waals surface area contributed by atoms with Crippen LogP contribution in [0.4, 0.5) is 4.79 Å². The Bertz CT molecular complexity index is 480. The van der Waals surface area contributed by atoms with Crippen LogP contribution < -0.4 is 10.1 Å². The van der Waals surface area contributed by atoms with Gasteiger partial charge in [-0.25, -0.2) is 4.79 Å². The maximum Gasteiger partial charge on any atom is 0.506 e. The third-order valence-corrected chi connectivity index (χ3v) is 1.94. The summed E-state index contributed by atoms with van der Waals surface area (Å²) < 4.78 is 9.34. The van der Waals surface area contributed by atoms with Gasteiger partial charge in [0, 0.05) is 6.54 Å². The highest BCUT2D eigenvalue weighted by atomic mass is 16.7. The van der Waals surface area contributed by atoms with Gasteiger partial charge in [0.25, 0.3) is 0 Å². The summed E-state index contributed by atoms with van der Waals surface area (Å²) in [7, 11) is 1.62. The highest BCUT2D eigenvalue weighted by molar-refractivity contribution is 5.57. The Balaban J connectivity index is 0. The lowest BCUT2D eigenvalue weighted by Gasteiger charge is -2.15.